The molecule has 150 valence electrons. The predicted octanol–water partition coefficient (Wildman–Crippen LogP) is 5.50. The van der Waals surface area contributed by atoms with Crippen LogP contribution in [0.2, 0.25) is 0 Å². The number of hydrogen-bond donors (Lipinski definition) is 2. The molecule has 30 heavy (non-hydrogen) atoms. The maximum atomic E-state index is 14.1. The molecule has 5 nitrogen and oxygen atoms in total. The van der Waals surface area contributed by atoms with Crippen molar-refractivity contribution >= 4 is 28.2 Å². The smallest absolute Gasteiger partial charge is 0.257 e. The Kier molecular flexibility index (Phi) is 5.39. The fourth-order valence-electron chi connectivity index (χ4n) is 3.29. The summed E-state index contributed by atoms with van der Waals surface area (Å²) < 4.78 is 14.1. The number of anilines is 2. The number of hydrogen-bond acceptors (Lipinski definition) is 4. The Bertz CT molecular complexity index is 1220. The summed E-state index contributed by atoms with van der Waals surface area (Å²) in [7, 11) is 0. The fraction of sp³-hybridized carbons (Fsp3) is 0.125. The maximum Gasteiger partial charge on any atom is 0.257 e. The number of carbonyl (C=O) groups is 1. The van der Waals surface area contributed by atoms with Crippen LogP contribution in [0, 0.1) is 12.7 Å². The van der Waals surface area contributed by atoms with Gasteiger partial charge in [0.25, 0.3) is 5.91 Å². The highest BCUT2D eigenvalue weighted by atomic mass is 19.1. The molecular formula is C24H21FN4O. The van der Waals surface area contributed by atoms with Gasteiger partial charge >= 0.3 is 0 Å². The third kappa shape index (κ3) is 4.27. The fourth-order valence-corrected chi connectivity index (χ4v) is 3.29. The lowest BCUT2D eigenvalue weighted by Crippen LogP contribution is -2.13. The Morgan fingerprint density at radius 2 is 1.83 bits per heavy atom. The number of rotatable bonds is 5. The SMILES string of the molecule is Cc1cncc(C(=O)Nc2cccc([C@H](C)Nc3cnc4cccc(F)c4c3)c2)c1. The molecule has 1 atom stereocenters. The first-order valence-corrected chi connectivity index (χ1v) is 9.63. The molecule has 0 radical (unpaired) electrons. The Hall–Kier alpha value is -3.80. The van der Waals surface area contributed by atoms with Crippen LogP contribution in [0.5, 0.6) is 0 Å². The quantitative estimate of drug-likeness (QED) is 0.464. The van der Waals surface area contributed by atoms with E-state index >= 15 is 0 Å². The summed E-state index contributed by atoms with van der Waals surface area (Å²) >= 11 is 0. The Balaban J connectivity index is 1.50. The van der Waals surface area contributed by atoms with E-state index in [1.54, 1.807) is 42.9 Å². The van der Waals surface area contributed by atoms with Crippen molar-refractivity contribution in [3.63, 3.8) is 0 Å². The first-order valence-electron chi connectivity index (χ1n) is 9.63. The topological polar surface area (TPSA) is 66.9 Å². The van der Waals surface area contributed by atoms with Crippen LogP contribution in [-0.2, 0) is 0 Å². The van der Waals surface area contributed by atoms with E-state index in [0.717, 1.165) is 16.8 Å². The number of pyridine rings is 2. The van der Waals surface area contributed by atoms with Crippen molar-refractivity contribution in [2.75, 3.05) is 10.6 Å². The van der Waals surface area contributed by atoms with E-state index in [0.29, 0.717) is 22.2 Å². The monoisotopic (exact) mass is 400 g/mol. The summed E-state index contributed by atoms with van der Waals surface area (Å²) in [6.07, 6.45) is 4.94. The average Bonchev–Trinajstić information content (AvgIpc) is 2.74. The van der Waals surface area contributed by atoms with Crippen molar-refractivity contribution in [2.24, 2.45) is 0 Å². The van der Waals surface area contributed by atoms with E-state index < -0.39 is 0 Å². The van der Waals surface area contributed by atoms with Crippen LogP contribution in [0.1, 0.15) is 34.5 Å². The van der Waals surface area contributed by atoms with Gasteiger partial charge in [0.15, 0.2) is 0 Å². The van der Waals surface area contributed by atoms with Gasteiger partial charge in [0, 0.05) is 29.5 Å². The summed E-state index contributed by atoms with van der Waals surface area (Å²) in [6.45, 7) is 3.89. The minimum Gasteiger partial charge on any atom is -0.377 e. The molecule has 0 spiro atoms. The average molecular weight is 400 g/mol. The van der Waals surface area contributed by atoms with Crippen molar-refractivity contribution in [1.29, 1.82) is 0 Å². The lowest BCUT2D eigenvalue weighted by atomic mass is 10.1. The zero-order valence-electron chi connectivity index (χ0n) is 16.7. The van der Waals surface area contributed by atoms with Crippen LogP contribution in [0.15, 0.2) is 73.2 Å². The number of nitrogens with one attached hydrogen (secondary N) is 2. The van der Waals surface area contributed by atoms with Gasteiger partial charge in [0.05, 0.1) is 23.0 Å². The van der Waals surface area contributed by atoms with E-state index in [4.69, 9.17) is 0 Å². The largest absolute Gasteiger partial charge is 0.377 e. The molecule has 0 saturated heterocycles. The zero-order valence-corrected chi connectivity index (χ0v) is 16.7. The highest BCUT2D eigenvalue weighted by Gasteiger charge is 2.11. The molecule has 2 aromatic heterocycles. The zero-order chi connectivity index (χ0) is 21.1. The van der Waals surface area contributed by atoms with E-state index in [1.165, 1.54) is 6.07 Å². The third-order valence-corrected chi connectivity index (χ3v) is 4.84. The highest BCUT2D eigenvalue weighted by molar-refractivity contribution is 6.04. The minimum absolute atomic E-state index is 0.0755. The van der Waals surface area contributed by atoms with Gasteiger partial charge in [0.2, 0.25) is 0 Å². The van der Waals surface area contributed by atoms with Gasteiger partial charge in [-0.2, -0.15) is 0 Å². The number of carbonyl (C=O) groups excluding carboxylic acids is 1. The van der Waals surface area contributed by atoms with Crippen molar-refractivity contribution < 1.29 is 9.18 Å². The van der Waals surface area contributed by atoms with E-state index in [9.17, 15) is 9.18 Å². The molecule has 0 saturated carbocycles. The molecule has 2 heterocycles. The van der Waals surface area contributed by atoms with Crippen molar-refractivity contribution in [3.05, 3.63) is 95.7 Å². The summed E-state index contributed by atoms with van der Waals surface area (Å²) in [5.74, 6) is -0.509. The van der Waals surface area contributed by atoms with E-state index in [-0.39, 0.29) is 17.8 Å². The summed E-state index contributed by atoms with van der Waals surface area (Å²) in [5, 5.41) is 6.73. The molecule has 0 aliphatic heterocycles. The number of halogens is 1. The van der Waals surface area contributed by atoms with Gasteiger partial charge in [0.1, 0.15) is 5.82 Å². The minimum atomic E-state index is -0.299. The summed E-state index contributed by atoms with van der Waals surface area (Å²) in [5.41, 5.74) is 4.44. The molecule has 0 unspecified atom stereocenters. The number of benzene rings is 2. The number of amides is 1. The van der Waals surface area contributed by atoms with E-state index in [1.807, 2.05) is 38.1 Å². The molecule has 2 N–H and O–H groups in total. The van der Waals surface area contributed by atoms with Gasteiger partial charge in [-0.1, -0.05) is 18.2 Å². The van der Waals surface area contributed by atoms with Crippen LogP contribution in [0.25, 0.3) is 10.9 Å². The standard InChI is InChI=1S/C24H21FN4O/c1-15-9-18(13-26-12-15)24(30)29-19-6-3-5-17(10-19)16(2)28-20-11-21-22(25)7-4-8-23(21)27-14-20/h3-14,16,28H,1-2H3,(H,29,30)/t16-/m0/s1. The number of nitrogens with zero attached hydrogens (tertiary/aromatic N) is 2. The normalized spacial score (nSPS) is 11.8. The van der Waals surface area contributed by atoms with Gasteiger partial charge < -0.3 is 10.6 Å². The molecule has 4 rings (SSSR count). The number of aryl methyl sites for hydroxylation is 1. The molecule has 0 fully saturated rings. The van der Waals surface area contributed by atoms with Crippen LogP contribution in [0.4, 0.5) is 15.8 Å². The number of aromatic nitrogens is 2. The first kappa shape index (κ1) is 19.5. The molecule has 6 heteroatoms. The van der Waals surface area contributed by atoms with Gasteiger partial charge in [-0.15, -0.1) is 0 Å². The Morgan fingerprint density at radius 1 is 1.00 bits per heavy atom. The second-order valence-electron chi connectivity index (χ2n) is 7.23. The van der Waals surface area contributed by atoms with E-state index in [2.05, 4.69) is 20.6 Å². The maximum absolute atomic E-state index is 14.1. The van der Waals surface area contributed by atoms with Crippen LogP contribution in [-0.4, -0.2) is 15.9 Å². The molecular weight excluding hydrogens is 379 g/mol. The molecule has 1 amide bonds. The highest BCUT2D eigenvalue weighted by Crippen LogP contribution is 2.25. The number of fused-ring (bicyclic) bond motifs is 1. The molecule has 4 aromatic rings. The molecule has 0 aliphatic carbocycles. The molecule has 0 bridgehead atoms. The second-order valence-corrected chi connectivity index (χ2v) is 7.23. The molecule has 2 aromatic carbocycles. The van der Waals surface area contributed by atoms with Crippen LogP contribution >= 0.6 is 0 Å². The Morgan fingerprint density at radius 3 is 2.67 bits per heavy atom. The van der Waals surface area contributed by atoms with Crippen molar-refractivity contribution in [2.45, 2.75) is 19.9 Å². The second kappa shape index (κ2) is 8.29. The lowest BCUT2D eigenvalue weighted by molar-refractivity contribution is 0.102. The lowest BCUT2D eigenvalue weighted by Gasteiger charge is -2.17. The van der Waals surface area contributed by atoms with Crippen LogP contribution < -0.4 is 10.6 Å². The first-order chi connectivity index (χ1) is 14.5. The molecule has 0 aliphatic rings. The van der Waals surface area contributed by atoms with Crippen molar-refractivity contribution in [1.82, 2.24) is 9.97 Å². The van der Waals surface area contributed by atoms with Gasteiger partial charge in [-0.25, -0.2) is 4.39 Å². The van der Waals surface area contributed by atoms with Gasteiger partial charge in [-0.3, -0.25) is 14.8 Å². The van der Waals surface area contributed by atoms with Crippen molar-refractivity contribution in [3.8, 4) is 0 Å². The third-order valence-electron chi connectivity index (χ3n) is 4.84. The van der Waals surface area contributed by atoms with Crippen LogP contribution in [0.3, 0.4) is 0 Å². The summed E-state index contributed by atoms with van der Waals surface area (Å²) in [6, 6.07) is 15.9. The van der Waals surface area contributed by atoms with Gasteiger partial charge in [-0.05, 0) is 61.4 Å². The predicted molar refractivity (Wildman–Crippen MR) is 117 cm³/mol. The Labute approximate surface area is 174 Å². The summed E-state index contributed by atoms with van der Waals surface area (Å²) in [4.78, 5) is 20.9.